The normalized spacial score (nSPS) is 11.8. The van der Waals surface area contributed by atoms with E-state index in [1.165, 1.54) is 36.0 Å². The number of rotatable bonds is 6. The number of aryl methyl sites for hydroxylation is 2. The molecule has 2 heterocycles. The predicted octanol–water partition coefficient (Wildman–Crippen LogP) is 6.14. The van der Waals surface area contributed by atoms with Gasteiger partial charge in [0.25, 0.3) is 5.91 Å². The van der Waals surface area contributed by atoms with Gasteiger partial charge in [0.1, 0.15) is 5.52 Å². The first kappa shape index (κ1) is 23.5. The summed E-state index contributed by atoms with van der Waals surface area (Å²) in [7, 11) is 1.81. The molecule has 2 aromatic carbocycles. The van der Waals surface area contributed by atoms with Gasteiger partial charge >= 0.3 is 6.18 Å². The van der Waals surface area contributed by atoms with Gasteiger partial charge in [0.2, 0.25) is 5.82 Å². The maximum atomic E-state index is 13.8. The van der Waals surface area contributed by atoms with Crippen LogP contribution in [-0.4, -0.2) is 30.8 Å². The molecule has 4 rings (SSSR count). The molecule has 0 spiro atoms. The lowest BCUT2D eigenvalue weighted by atomic mass is 10.2. The van der Waals surface area contributed by atoms with Crippen molar-refractivity contribution < 1.29 is 18.0 Å². The van der Waals surface area contributed by atoms with E-state index in [9.17, 15) is 18.0 Å². The molecular formula is C21H16Cl2F3N5OS. The van der Waals surface area contributed by atoms with Crippen LogP contribution >= 0.6 is 35.0 Å². The number of alkyl halides is 3. The Balaban J connectivity index is 1.68. The van der Waals surface area contributed by atoms with Crippen molar-refractivity contribution in [3.63, 3.8) is 0 Å². The summed E-state index contributed by atoms with van der Waals surface area (Å²) in [6, 6.07) is 9.14. The average Bonchev–Trinajstić information content (AvgIpc) is 3.32. The Morgan fingerprint density at radius 2 is 1.85 bits per heavy atom. The Bertz CT molecular complexity index is 1320. The SMILES string of the molecule is Cn1ccnc1SCCn1c(C(F)(F)F)nc2c(NC(=O)c3c(Cl)cccc3Cl)cccc21. The minimum Gasteiger partial charge on any atom is -0.329 e. The van der Waals surface area contributed by atoms with Crippen molar-refractivity contribution in [3.05, 3.63) is 70.2 Å². The van der Waals surface area contributed by atoms with E-state index in [0.717, 1.165) is 4.57 Å². The molecule has 0 saturated heterocycles. The lowest BCUT2D eigenvalue weighted by molar-refractivity contribution is -0.146. The highest BCUT2D eigenvalue weighted by atomic mass is 35.5. The lowest BCUT2D eigenvalue weighted by Gasteiger charge is -2.11. The minimum absolute atomic E-state index is 0.0170. The van der Waals surface area contributed by atoms with Crippen LogP contribution in [0.3, 0.4) is 0 Å². The fourth-order valence-corrected chi connectivity index (χ4v) is 4.73. The molecule has 0 aliphatic rings. The molecule has 33 heavy (non-hydrogen) atoms. The van der Waals surface area contributed by atoms with E-state index in [4.69, 9.17) is 23.2 Å². The molecule has 0 bridgehead atoms. The Labute approximate surface area is 200 Å². The van der Waals surface area contributed by atoms with Gasteiger partial charge < -0.3 is 14.5 Å². The van der Waals surface area contributed by atoms with E-state index < -0.39 is 17.9 Å². The largest absolute Gasteiger partial charge is 0.449 e. The molecule has 4 aromatic rings. The van der Waals surface area contributed by atoms with E-state index >= 15 is 0 Å². The zero-order chi connectivity index (χ0) is 23.8. The second-order valence-corrected chi connectivity index (χ2v) is 8.85. The van der Waals surface area contributed by atoms with Crippen molar-refractivity contribution in [2.45, 2.75) is 17.9 Å². The first-order valence-corrected chi connectivity index (χ1v) is 11.3. The lowest BCUT2D eigenvalue weighted by Crippen LogP contribution is -2.16. The van der Waals surface area contributed by atoms with Crippen LogP contribution in [-0.2, 0) is 19.8 Å². The number of hydrogen-bond donors (Lipinski definition) is 1. The van der Waals surface area contributed by atoms with E-state index in [2.05, 4.69) is 15.3 Å². The maximum Gasteiger partial charge on any atom is 0.449 e. The summed E-state index contributed by atoms with van der Waals surface area (Å²) < 4.78 is 44.2. The first-order chi connectivity index (χ1) is 15.7. The van der Waals surface area contributed by atoms with Gasteiger partial charge in [0.05, 0.1) is 26.8 Å². The number of thioether (sulfide) groups is 1. The number of para-hydroxylation sites is 1. The van der Waals surface area contributed by atoms with Crippen molar-refractivity contribution in [1.82, 2.24) is 19.1 Å². The van der Waals surface area contributed by atoms with Crippen LogP contribution in [0.15, 0.2) is 53.9 Å². The van der Waals surface area contributed by atoms with Crippen molar-refractivity contribution in [1.29, 1.82) is 0 Å². The summed E-state index contributed by atoms with van der Waals surface area (Å²) in [5.41, 5.74) is 0.406. The summed E-state index contributed by atoms with van der Waals surface area (Å²) in [5.74, 6) is -1.35. The number of carbonyl (C=O) groups is 1. The van der Waals surface area contributed by atoms with Gasteiger partial charge in [-0.05, 0) is 24.3 Å². The Morgan fingerprint density at radius 1 is 1.15 bits per heavy atom. The number of anilines is 1. The Hall–Kier alpha value is -2.69. The molecule has 0 atom stereocenters. The van der Waals surface area contributed by atoms with Gasteiger partial charge in [0.15, 0.2) is 5.16 Å². The molecule has 12 heteroatoms. The van der Waals surface area contributed by atoms with Crippen LogP contribution < -0.4 is 5.32 Å². The van der Waals surface area contributed by atoms with Gasteiger partial charge in [-0.2, -0.15) is 13.2 Å². The van der Waals surface area contributed by atoms with Crippen molar-refractivity contribution in [2.24, 2.45) is 7.05 Å². The summed E-state index contributed by atoms with van der Waals surface area (Å²) in [6.07, 6.45) is -1.30. The number of halogens is 5. The van der Waals surface area contributed by atoms with Crippen molar-refractivity contribution in [3.8, 4) is 0 Å². The number of carbonyl (C=O) groups excluding carboxylic acids is 1. The summed E-state index contributed by atoms with van der Waals surface area (Å²) in [6.45, 7) is 0.0383. The molecule has 0 aliphatic heterocycles. The van der Waals surface area contributed by atoms with Crippen LogP contribution in [0, 0.1) is 0 Å². The third-order valence-electron chi connectivity index (χ3n) is 4.79. The molecule has 0 saturated carbocycles. The highest BCUT2D eigenvalue weighted by Gasteiger charge is 2.38. The predicted molar refractivity (Wildman–Crippen MR) is 123 cm³/mol. The molecule has 2 aromatic heterocycles. The molecule has 6 nitrogen and oxygen atoms in total. The molecule has 172 valence electrons. The van der Waals surface area contributed by atoms with Crippen LogP contribution in [0.4, 0.5) is 18.9 Å². The third-order valence-corrected chi connectivity index (χ3v) is 6.46. The third kappa shape index (κ3) is 4.83. The highest BCUT2D eigenvalue weighted by Crippen LogP contribution is 2.35. The Morgan fingerprint density at radius 3 is 2.48 bits per heavy atom. The molecule has 0 unspecified atom stereocenters. The van der Waals surface area contributed by atoms with E-state index in [1.807, 2.05) is 7.05 Å². The van der Waals surface area contributed by atoms with Crippen LogP contribution in [0.2, 0.25) is 10.0 Å². The monoisotopic (exact) mass is 513 g/mol. The van der Waals surface area contributed by atoms with Crippen LogP contribution in [0.1, 0.15) is 16.2 Å². The number of nitrogens with one attached hydrogen (secondary N) is 1. The summed E-state index contributed by atoms with van der Waals surface area (Å²) in [4.78, 5) is 20.8. The minimum atomic E-state index is -4.68. The van der Waals surface area contributed by atoms with Gasteiger partial charge in [-0.15, -0.1) is 0 Å². The Kier molecular flexibility index (Phi) is 6.60. The van der Waals surface area contributed by atoms with Crippen molar-refractivity contribution >= 4 is 57.6 Å². The first-order valence-electron chi connectivity index (χ1n) is 9.58. The average molecular weight is 514 g/mol. The standard InChI is InChI=1S/C21H16Cl2F3N5OS/c1-30-9-8-27-20(30)33-11-10-31-15-7-3-6-14(17(15)29-19(31)21(24,25)26)28-18(32)16-12(22)4-2-5-13(16)23/h2-9H,10-11H2,1H3,(H,28,32). The highest BCUT2D eigenvalue weighted by molar-refractivity contribution is 7.99. The zero-order valence-corrected chi connectivity index (χ0v) is 19.4. The molecule has 1 N–H and O–H groups in total. The van der Waals surface area contributed by atoms with E-state index in [0.29, 0.717) is 10.9 Å². The maximum absolute atomic E-state index is 13.8. The van der Waals surface area contributed by atoms with Gasteiger partial charge in [-0.3, -0.25) is 4.79 Å². The number of aromatic nitrogens is 4. The van der Waals surface area contributed by atoms with Gasteiger partial charge in [-0.1, -0.05) is 47.1 Å². The molecule has 1 amide bonds. The topological polar surface area (TPSA) is 64.7 Å². The van der Waals surface area contributed by atoms with Gasteiger partial charge in [0, 0.05) is 31.7 Å². The quantitative estimate of drug-likeness (QED) is 0.314. The molecular weight excluding hydrogens is 498 g/mol. The number of fused-ring (bicyclic) bond motifs is 1. The number of imidazole rings is 2. The molecule has 0 aliphatic carbocycles. The summed E-state index contributed by atoms with van der Waals surface area (Å²) >= 11 is 13.5. The molecule has 0 radical (unpaired) electrons. The fourth-order valence-electron chi connectivity index (χ4n) is 3.31. The number of nitrogens with zero attached hydrogens (tertiary/aromatic N) is 4. The van der Waals surface area contributed by atoms with Crippen LogP contribution in [0.25, 0.3) is 11.0 Å². The second-order valence-electron chi connectivity index (χ2n) is 6.98. The number of benzene rings is 2. The zero-order valence-electron chi connectivity index (χ0n) is 17.0. The number of hydrogen-bond acceptors (Lipinski definition) is 4. The van der Waals surface area contributed by atoms with Crippen LogP contribution in [0.5, 0.6) is 0 Å². The van der Waals surface area contributed by atoms with Gasteiger partial charge in [-0.25, -0.2) is 9.97 Å². The smallest absolute Gasteiger partial charge is 0.329 e. The van der Waals surface area contributed by atoms with E-state index in [-0.39, 0.29) is 38.9 Å². The molecule has 0 fully saturated rings. The fraction of sp³-hybridized carbons (Fsp3) is 0.190. The summed E-state index contributed by atoms with van der Waals surface area (Å²) in [5, 5.41) is 3.53. The number of amides is 1. The van der Waals surface area contributed by atoms with Crippen molar-refractivity contribution in [2.75, 3.05) is 11.1 Å². The second kappa shape index (κ2) is 9.28. The van der Waals surface area contributed by atoms with E-state index in [1.54, 1.807) is 29.1 Å².